The maximum absolute atomic E-state index is 13.6. The van der Waals surface area contributed by atoms with Crippen LogP contribution in [0.2, 0.25) is 0 Å². The molecule has 1 aliphatic heterocycles. The number of carbonyl (C=O) groups is 1. The van der Waals surface area contributed by atoms with Crippen LogP contribution < -0.4 is 15.4 Å². The molecule has 1 amide bonds. The van der Waals surface area contributed by atoms with Gasteiger partial charge in [-0.25, -0.2) is 8.78 Å². The van der Waals surface area contributed by atoms with Crippen molar-refractivity contribution in [3.63, 3.8) is 0 Å². The fourth-order valence-corrected chi connectivity index (χ4v) is 2.89. The number of ether oxygens (including phenoxy) is 1. The van der Waals surface area contributed by atoms with E-state index in [0.29, 0.717) is 17.4 Å². The summed E-state index contributed by atoms with van der Waals surface area (Å²) in [6.07, 6.45) is 1.80. The molecule has 2 aromatic rings. The van der Waals surface area contributed by atoms with Crippen molar-refractivity contribution < 1.29 is 18.3 Å². The highest BCUT2D eigenvalue weighted by atomic mass is 19.1. The molecule has 25 heavy (non-hydrogen) atoms. The van der Waals surface area contributed by atoms with Gasteiger partial charge in [0, 0.05) is 23.7 Å². The van der Waals surface area contributed by atoms with E-state index in [9.17, 15) is 13.6 Å². The van der Waals surface area contributed by atoms with Crippen molar-refractivity contribution in [1.82, 2.24) is 10.6 Å². The first kappa shape index (κ1) is 17.4. The molecule has 1 fully saturated rings. The van der Waals surface area contributed by atoms with Gasteiger partial charge in [0.2, 0.25) is 0 Å². The molecule has 0 spiro atoms. The van der Waals surface area contributed by atoms with Crippen LogP contribution in [0.4, 0.5) is 8.78 Å². The predicted molar refractivity (Wildman–Crippen MR) is 90.8 cm³/mol. The van der Waals surface area contributed by atoms with Crippen LogP contribution in [0.5, 0.6) is 11.5 Å². The smallest absolute Gasteiger partial charge is 0.251 e. The number of carbonyl (C=O) groups excluding carboxylic acids is 1. The largest absolute Gasteiger partial charge is 0.454 e. The Morgan fingerprint density at radius 1 is 1.20 bits per heavy atom. The van der Waals surface area contributed by atoms with Gasteiger partial charge in [-0.05, 0) is 62.7 Å². The third-order valence-electron chi connectivity index (χ3n) is 4.20. The van der Waals surface area contributed by atoms with E-state index in [-0.39, 0.29) is 17.7 Å². The lowest BCUT2D eigenvalue weighted by molar-refractivity contribution is 0.0925. The van der Waals surface area contributed by atoms with Crippen molar-refractivity contribution in [3.8, 4) is 11.5 Å². The maximum Gasteiger partial charge on any atom is 0.251 e. The molecular weight excluding hydrogens is 326 g/mol. The van der Waals surface area contributed by atoms with Crippen molar-refractivity contribution >= 4 is 5.91 Å². The number of rotatable bonds is 4. The summed E-state index contributed by atoms with van der Waals surface area (Å²) in [5.74, 6) is -1.27. The van der Waals surface area contributed by atoms with Crippen molar-refractivity contribution in [2.45, 2.75) is 31.8 Å². The minimum absolute atomic E-state index is 0.0673. The highest BCUT2D eigenvalue weighted by Crippen LogP contribution is 2.25. The summed E-state index contributed by atoms with van der Waals surface area (Å²) in [4.78, 5) is 12.3. The molecule has 0 aliphatic carbocycles. The van der Waals surface area contributed by atoms with Gasteiger partial charge in [-0.15, -0.1) is 0 Å². The Morgan fingerprint density at radius 2 is 1.96 bits per heavy atom. The predicted octanol–water partition coefficient (Wildman–Crippen LogP) is 3.63. The SMILES string of the molecule is CC1CC(NC(=O)c2ccc(Oc3ccc(F)cc3F)cc2)CCN1. The maximum atomic E-state index is 13.6. The fraction of sp³-hybridized carbons (Fsp3) is 0.316. The molecule has 1 aliphatic rings. The first-order valence-electron chi connectivity index (χ1n) is 8.28. The van der Waals surface area contributed by atoms with E-state index in [2.05, 4.69) is 17.6 Å². The van der Waals surface area contributed by atoms with Crippen LogP contribution in [0.3, 0.4) is 0 Å². The molecule has 2 N–H and O–H groups in total. The Labute approximate surface area is 145 Å². The number of hydrogen-bond acceptors (Lipinski definition) is 3. The minimum atomic E-state index is -0.776. The van der Waals surface area contributed by atoms with Crippen LogP contribution in [0.25, 0.3) is 0 Å². The fourth-order valence-electron chi connectivity index (χ4n) is 2.89. The number of benzene rings is 2. The molecule has 0 radical (unpaired) electrons. The third-order valence-corrected chi connectivity index (χ3v) is 4.20. The zero-order chi connectivity index (χ0) is 17.8. The van der Waals surface area contributed by atoms with E-state index in [0.717, 1.165) is 31.5 Å². The Hall–Kier alpha value is -2.47. The Kier molecular flexibility index (Phi) is 5.28. The van der Waals surface area contributed by atoms with E-state index in [1.54, 1.807) is 24.3 Å². The average Bonchev–Trinajstić information content (AvgIpc) is 2.58. The zero-order valence-corrected chi connectivity index (χ0v) is 13.9. The number of nitrogens with one attached hydrogen (secondary N) is 2. The van der Waals surface area contributed by atoms with Crippen LogP contribution in [-0.2, 0) is 0 Å². The van der Waals surface area contributed by atoms with Crippen molar-refractivity contribution in [1.29, 1.82) is 0 Å². The van der Waals surface area contributed by atoms with Crippen molar-refractivity contribution in [2.24, 2.45) is 0 Å². The molecule has 1 heterocycles. The summed E-state index contributed by atoms with van der Waals surface area (Å²) in [7, 11) is 0. The Balaban J connectivity index is 1.62. The van der Waals surface area contributed by atoms with Gasteiger partial charge in [0.05, 0.1) is 0 Å². The molecule has 3 rings (SSSR count). The number of halogens is 2. The average molecular weight is 346 g/mol. The summed E-state index contributed by atoms with van der Waals surface area (Å²) >= 11 is 0. The van der Waals surface area contributed by atoms with E-state index < -0.39 is 11.6 Å². The quantitative estimate of drug-likeness (QED) is 0.889. The van der Waals surface area contributed by atoms with Gasteiger partial charge in [-0.2, -0.15) is 0 Å². The molecule has 1 saturated heterocycles. The lowest BCUT2D eigenvalue weighted by Gasteiger charge is -2.28. The second kappa shape index (κ2) is 7.61. The molecule has 0 saturated carbocycles. The summed E-state index contributed by atoms with van der Waals surface area (Å²) in [6.45, 7) is 2.99. The summed E-state index contributed by atoms with van der Waals surface area (Å²) < 4.78 is 31.9. The van der Waals surface area contributed by atoms with E-state index >= 15 is 0 Å². The van der Waals surface area contributed by atoms with Crippen LogP contribution in [-0.4, -0.2) is 24.5 Å². The number of amides is 1. The van der Waals surface area contributed by atoms with Crippen molar-refractivity contribution in [3.05, 3.63) is 59.7 Å². The van der Waals surface area contributed by atoms with E-state index in [4.69, 9.17) is 4.74 Å². The highest BCUT2D eigenvalue weighted by Gasteiger charge is 2.20. The van der Waals surface area contributed by atoms with Gasteiger partial charge in [0.1, 0.15) is 11.6 Å². The molecule has 6 heteroatoms. The summed E-state index contributed by atoms with van der Waals surface area (Å²) in [5, 5.41) is 6.37. The summed E-state index contributed by atoms with van der Waals surface area (Å²) in [6, 6.07) is 10.1. The van der Waals surface area contributed by atoms with Crippen LogP contribution in [0, 0.1) is 11.6 Å². The molecule has 0 bridgehead atoms. The van der Waals surface area contributed by atoms with Crippen molar-refractivity contribution in [2.75, 3.05) is 6.54 Å². The molecular formula is C19H20F2N2O2. The minimum Gasteiger partial charge on any atom is -0.454 e. The lowest BCUT2D eigenvalue weighted by Crippen LogP contribution is -2.46. The normalized spacial score (nSPS) is 20.1. The second-order valence-corrected chi connectivity index (χ2v) is 6.25. The summed E-state index contributed by atoms with van der Waals surface area (Å²) in [5.41, 5.74) is 0.512. The van der Waals surface area contributed by atoms with Gasteiger partial charge < -0.3 is 15.4 Å². The first-order chi connectivity index (χ1) is 12.0. The first-order valence-corrected chi connectivity index (χ1v) is 8.28. The molecule has 132 valence electrons. The highest BCUT2D eigenvalue weighted by molar-refractivity contribution is 5.94. The van der Waals surface area contributed by atoms with Crippen LogP contribution in [0.1, 0.15) is 30.1 Å². The molecule has 4 nitrogen and oxygen atoms in total. The van der Waals surface area contributed by atoms with E-state index in [1.165, 1.54) is 6.07 Å². The van der Waals surface area contributed by atoms with Crippen LogP contribution in [0.15, 0.2) is 42.5 Å². The third kappa shape index (κ3) is 4.54. The van der Waals surface area contributed by atoms with Crippen LogP contribution >= 0.6 is 0 Å². The molecule has 2 unspecified atom stereocenters. The number of piperidine rings is 1. The second-order valence-electron chi connectivity index (χ2n) is 6.25. The topological polar surface area (TPSA) is 50.4 Å². The zero-order valence-electron chi connectivity index (χ0n) is 13.9. The van der Waals surface area contributed by atoms with Gasteiger partial charge in [-0.1, -0.05) is 0 Å². The molecule has 2 atom stereocenters. The standard InChI is InChI=1S/C19H20F2N2O2/c1-12-10-15(8-9-22-12)23-19(24)13-2-5-16(6-3-13)25-18-7-4-14(20)11-17(18)21/h2-7,11-12,15,22H,8-10H2,1H3,(H,23,24). The Morgan fingerprint density at radius 3 is 2.64 bits per heavy atom. The molecule has 2 aromatic carbocycles. The molecule has 0 aromatic heterocycles. The van der Waals surface area contributed by atoms with Gasteiger partial charge in [0.15, 0.2) is 11.6 Å². The van der Waals surface area contributed by atoms with E-state index in [1.807, 2.05) is 0 Å². The van der Waals surface area contributed by atoms with Gasteiger partial charge in [-0.3, -0.25) is 4.79 Å². The lowest BCUT2D eigenvalue weighted by atomic mass is 10.0. The monoisotopic (exact) mass is 346 g/mol. The van der Waals surface area contributed by atoms with Gasteiger partial charge in [0.25, 0.3) is 5.91 Å². The number of hydrogen-bond donors (Lipinski definition) is 2. The van der Waals surface area contributed by atoms with Gasteiger partial charge >= 0.3 is 0 Å². The Bertz CT molecular complexity index is 750.